The normalized spacial score (nSPS) is 19.7. The van der Waals surface area contributed by atoms with Gasteiger partial charge in [0.2, 0.25) is 5.91 Å². The van der Waals surface area contributed by atoms with Crippen LogP contribution in [0.2, 0.25) is 4.34 Å². The molecule has 1 saturated carbocycles. The van der Waals surface area contributed by atoms with E-state index in [4.69, 9.17) is 16.3 Å². The third kappa shape index (κ3) is 5.38. The summed E-state index contributed by atoms with van der Waals surface area (Å²) in [6, 6.07) is 12.2. The van der Waals surface area contributed by atoms with Gasteiger partial charge in [-0.3, -0.25) is 19.0 Å². The first-order valence-electron chi connectivity index (χ1n) is 10.7. The molecule has 1 aliphatic carbocycles. The summed E-state index contributed by atoms with van der Waals surface area (Å²) >= 11 is 7.08. The molecule has 2 N–H and O–H groups in total. The molecule has 0 aliphatic heterocycles. The van der Waals surface area contributed by atoms with Crippen LogP contribution in [0.4, 0.5) is 10.1 Å². The van der Waals surface area contributed by atoms with Crippen LogP contribution in [0.3, 0.4) is 0 Å². The van der Waals surface area contributed by atoms with E-state index in [2.05, 4.69) is 10.6 Å². The maximum atomic E-state index is 14.7. The minimum absolute atomic E-state index is 0.0398. The maximum Gasteiger partial charge on any atom is 0.261 e. The van der Waals surface area contributed by atoms with Crippen molar-refractivity contribution in [3.63, 3.8) is 0 Å². The number of carbonyl (C=O) groups is 2. The molecule has 2 heterocycles. The van der Waals surface area contributed by atoms with E-state index in [1.165, 1.54) is 34.1 Å². The molecule has 2 aromatic heterocycles. The number of pyridine rings is 1. The number of thiophene rings is 1. The highest BCUT2D eigenvalue weighted by atomic mass is 35.5. The Kier molecular flexibility index (Phi) is 7.45. The van der Waals surface area contributed by atoms with Gasteiger partial charge in [0.25, 0.3) is 11.5 Å². The summed E-state index contributed by atoms with van der Waals surface area (Å²) < 4.78 is 22.1. The Morgan fingerprint density at radius 2 is 2.03 bits per heavy atom. The van der Waals surface area contributed by atoms with Gasteiger partial charge in [0.1, 0.15) is 5.82 Å². The highest BCUT2D eigenvalue weighted by molar-refractivity contribution is 7.18. The third-order valence-electron chi connectivity index (χ3n) is 5.94. The Labute approximate surface area is 204 Å². The minimum atomic E-state index is -0.638. The molecule has 0 spiro atoms. The van der Waals surface area contributed by atoms with Crippen LogP contribution in [-0.2, 0) is 9.53 Å². The maximum absolute atomic E-state index is 14.7. The van der Waals surface area contributed by atoms with Crippen molar-refractivity contribution in [3.05, 3.63) is 80.1 Å². The number of methoxy groups -OCH3 is 1. The van der Waals surface area contributed by atoms with Gasteiger partial charge in [-0.05, 0) is 43.2 Å². The van der Waals surface area contributed by atoms with E-state index < -0.39 is 5.82 Å². The Balaban J connectivity index is 1.38. The van der Waals surface area contributed by atoms with Crippen molar-refractivity contribution in [1.29, 1.82) is 0 Å². The van der Waals surface area contributed by atoms with E-state index in [1.54, 1.807) is 43.6 Å². The Morgan fingerprint density at radius 1 is 1.21 bits per heavy atom. The average Bonchev–Trinajstić information content (AvgIpc) is 3.45. The first-order chi connectivity index (χ1) is 16.4. The van der Waals surface area contributed by atoms with Crippen molar-refractivity contribution in [2.24, 2.45) is 11.8 Å². The van der Waals surface area contributed by atoms with Gasteiger partial charge in [0, 0.05) is 43.8 Å². The van der Waals surface area contributed by atoms with Gasteiger partial charge in [-0.25, -0.2) is 4.39 Å². The number of benzene rings is 1. The molecule has 0 bridgehead atoms. The predicted octanol–water partition coefficient (Wildman–Crippen LogP) is 4.10. The number of carbonyl (C=O) groups excluding carboxylic acids is 2. The number of nitrogens with one attached hydrogen (secondary N) is 2. The second kappa shape index (κ2) is 10.5. The van der Waals surface area contributed by atoms with Crippen molar-refractivity contribution in [3.8, 4) is 5.69 Å². The van der Waals surface area contributed by atoms with Gasteiger partial charge >= 0.3 is 0 Å². The van der Waals surface area contributed by atoms with E-state index in [-0.39, 0.29) is 41.0 Å². The number of rotatable bonds is 7. The molecule has 2 amide bonds. The summed E-state index contributed by atoms with van der Waals surface area (Å²) in [6.45, 7) is 0.353. The lowest BCUT2D eigenvalue weighted by Gasteiger charge is -2.18. The van der Waals surface area contributed by atoms with Crippen LogP contribution in [0.15, 0.2) is 59.5 Å². The smallest absolute Gasteiger partial charge is 0.261 e. The number of nitrogens with zero attached hydrogens (tertiary/aromatic N) is 1. The summed E-state index contributed by atoms with van der Waals surface area (Å²) in [7, 11) is 1.57. The molecular formula is C24H23ClFN3O4S. The quantitative estimate of drug-likeness (QED) is 0.508. The summed E-state index contributed by atoms with van der Waals surface area (Å²) in [6.07, 6.45) is 2.30. The average molecular weight is 504 g/mol. The fourth-order valence-electron chi connectivity index (χ4n) is 4.18. The molecule has 1 fully saturated rings. The topological polar surface area (TPSA) is 89.4 Å². The van der Waals surface area contributed by atoms with Crippen LogP contribution in [-0.4, -0.2) is 36.1 Å². The first-order valence-corrected chi connectivity index (χ1v) is 11.9. The molecule has 1 aromatic carbocycles. The molecule has 10 heteroatoms. The van der Waals surface area contributed by atoms with Crippen LogP contribution in [0, 0.1) is 17.7 Å². The molecule has 178 valence electrons. The fraction of sp³-hybridized carbons (Fsp3) is 0.292. The van der Waals surface area contributed by atoms with Crippen molar-refractivity contribution < 1.29 is 18.7 Å². The van der Waals surface area contributed by atoms with Gasteiger partial charge in [0.05, 0.1) is 26.7 Å². The lowest BCUT2D eigenvalue weighted by atomic mass is 10.0. The molecule has 1 aliphatic rings. The molecule has 34 heavy (non-hydrogen) atoms. The minimum Gasteiger partial charge on any atom is -0.381 e. The molecule has 3 aromatic rings. The molecule has 4 rings (SSSR count). The number of halogens is 2. The van der Waals surface area contributed by atoms with Crippen LogP contribution in [0.1, 0.15) is 22.5 Å². The highest BCUT2D eigenvalue weighted by Gasteiger charge is 2.38. The van der Waals surface area contributed by atoms with Gasteiger partial charge < -0.3 is 15.4 Å². The zero-order valence-electron chi connectivity index (χ0n) is 18.3. The fourth-order valence-corrected chi connectivity index (χ4v) is 5.14. The van der Waals surface area contributed by atoms with Gasteiger partial charge in [-0.15, -0.1) is 11.3 Å². The van der Waals surface area contributed by atoms with Crippen LogP contribution in [0.25, 0.3) is 5.69 Å². The number of hydrogen-bond donors (Lipinski definition) is 2. The molecular weight excluding hydrogens is 481 g/mol. The first kappa shape index (κ1) is 24.1. The Morgan fingerprint density at radius 3 is 2.71 bits per heavy atom. The second-order valence-corrected chi connectivity index (χ2v) is 9.79. The molecule has 3 unspecified atom stereocenters. The van der Waals surface area contributed by atoms with Gasteiger partial charge in [-0.1, -0.05) is 17.7 Å². The molecule has 7 nitrogen and oxygen atoms in total. The zero-order valence-corrected chi connectivity index (χ0v) is 19.9. The third-order valence-corrected chi connectivity index (χ3v) is 7.17. The van der Waals surface area contributed by atoms with E-state index in [1.807, 2.05) is 0 Å². The Hall–Kier alpha value is -3.01. The summed E-state index contributed by atoms with van der Waals surface area (Å²) in [4.78, 5) is 37.6. The Bertz CT molecular complexity index is 1260. The highest BCUT2D eigenvalue weighted by Crippen LogP contribution is 2.34. The lowest BCUT2D eigenvalue weighted by molar-refractivity contribution is -0.120. The van der Waals surface area contributed by atoms with E-state index >= 15 is 0 Å². The summed E-state index contributed by atoms with van der Waals surface area (Å²) in [5.41, 5.74) is 0.123. The van der Waals surface area contributed by atoms with Crippen molar-refractivity contribution in [2.75, 3.05) is 19.0 Å². The van der Waals surface area contributed by atoms with E-state index in [0.29, 0.717) is 34.3 Å². The molecule has 3 atom stereocenters. The number of anilines is 1. The van der Waals surface area contributed by atoms with Gasteiger partial charge in [0.15, 0.2) is 0 Å². The van der Waals surface area contributed by atoms with Crippen molar-refractivity contribution in [2.45, 2.75) is 18.9 Å². The number of hydrogen-bond acceptors (Lipinski definition) is 5. The number of ether oxygens (including phenoxy) is 1. The van der Waals surface area contributed by atoms with Crippen molar-refractivity contribution in [1.82, 2.24) is 9.88 Å². The number of amides is 2. The van der Waals surface area contributed by atoms with E-state index in [9.17, 15) is 18.8 Å². The largest absolute Gasteiger partial charge is 0.381 e. The summed E-state index contributed by atoms with van der Waals surface area (Å²) in [5.74, 6) is -1.62. The van der Waals surface area contributed by atoms with Crippen LogP contribution < -0.4 is 16.2 Å². The summed E-state index contributed by atoms with van der Waals surface area (Å²) in [5, 5.41) is 5.52. The standard InChI is InChI=1S/C24H23ClFN3O4S/c1-33-19-11-14(10-15(19)13-27-24(32)20-7-8-21(25)34-20)23(31)28-18-6-5-16(12-17(18)26)29-9-3-2-4-22(29)30/h2-9,12,14-15,19H,10-11,13H2,1H3,(H,27,32)(H,28,31). The molecule has 0 radical (unpaired) electrons. The van der Waals surface area contributed by atoms with E-state index in [0.717, 1.165) is 0 Å². The van der Waals surface area contributed by atoms with Crippen LogP contribution >= 0.6 is 22.9 Å². The number of aromatic nitrogens is 1. The molecule has 0 saturated heterocycles. The predicted molar refractivity (Wildman–Crippen MR) is 129 cm³/mol. The van der Waals surface area contributed by atoms with Gasteiger partial charge in [-0.2, -0.15) is 0 Å². The SMILES string of the molecule is COC1CC(C(=O)Nc2ccc(-n3ccccc3=O)cc2F)CC1CNC(=O)c1ccc(Cl)s1. The lowest BCUT2D eigenvalue weighted by Crippen LogP contribution is -2.32. The van der Waals surface area contributed by atoms with Crippen LogP contribution in [0.5, 0.6) is 0 Å². The van der Waals surface area contributed by atoms with Crippen molar-refractivity contribution >= 4 is 40.4 Å². The monoisotopic (exact) mass is 503 g/mol. The zero-order chi connectivity index (χ0) is 24.2. The second-order valence-electron chi connectivity index (χ2n) is 8.08.